The lowest BCUT2D eigenvalue weighted by Crippen LogP contribution is -2.29. The number of hydrogen-bond acceptors (Lipinski definition) is 6. The Morgan fingerprint density at radius 1 is 1.07 bits per heavy atom. The van der Waals surface area contributed by atoms with Gasteiger partial charge in [-0.25, -0.2) is 4.98 Å². The molecule has 0 bridgehead atoms. The summed E-state index contributed by atoms with van der Waals surface area (Å²) in [6.45, 7) is 7.12. The van der Waals surface area contributed by atoms with Gasteiger partial charge in [-0.3, -0.25) is 9.59 Å². The number of rotatable bonds is 5. The van der Waals surface area contributed by atoms with Gasteiger partial charge in [-0.05, 0) is 51.0 Å². The molecule has 0 saturated heterocycles. The highest BCUT2D eigenvalue weighted by Crippen LogP contribution is 2.32. The number of carbonyl (C=O) groups is 1. The van der Waals surface area contributed by atoms with Crippen molar-refractivity contribution in [1.29, 1.82) is 0 Å². The molecule has 1 N–H and O–H groups in total. The number of ether oxygens (including phenoxy) is 3. The number of benzene rings is 2. The fraction of sp³-hybridized carbons (Fsp3) is 0.318. The molecule has 2 aromatic carbocycles. The molecular weight excluding hydrogens is 452 g/mol. The van der Waals surface area contributed by atoms with Gasteiger partial charge in [-0.1, -0.05) is 15.9 Å². The molecule has 0 radical (unpaired) electrons. The first-order chi connectivity index (χ1) is 14.0. The Bertz CT molecular complexity index is 1170. The summed E-state index contributed by atoms with van der Waals surface area (Å²) in [6, 6.07) is 6.96. The molecule has 0 spiro atoms. The Hall–Kier alpha value is -2.87. The molecule has 1 heterocycles. The standard InChI is InChI=1S/C22H23BrN2O5/c1-11-7-13(8-12(2)18(11)30-21(27)22(3,4)23)19-24-15-9-14(28-5)10-16(29-6)17(15)20(26)25-19/h7-10H,1-6H3,(H,24,25,26). The van der Waals surface area contributed by atoms with Gasteiger partial charge in [0.05, 0.1) is 19.7 Å². The van der Waals surface area contributed by atoms with Gasteiger partial charge in [0.15, 0.2) is 0 Å². The Morgan fingerprint density at radius 3 is 2.23 bits per heavy atom. The number of fused-ring (bicyclic) bond motifs is 1. The summed E-state index contributed by atoms with van der Waals surface area (Å²) >= 11 is 3.31. The molecule has 3 rings (SSSR count). The second-order valence-corrected chi connectivity index (χ2v) is 9.42. The predicted octanol–water partition coefficient (Wildman–Crippen LogP) is 4.30. The lowest BCUT2D eigenvalue weighted by Gasteiger charge is -2.18. The van der Waals surface area contributed by atoms with Crippen molar-refractivity contribution in [2.24, 2.45) is 0 Å². The smallest absolute Gasteiger partial charge is 0.327 e. The molecular formula is C22H23BrN2O5. The lowest BCUT2D eigenvalue weighted by molar-refractivity contribution is -0.136. The van der Waals surface area contributed by atoms with Crippen molar-refractivity contribution >= 4 is 32.8 Å². The van der Waals surface area contributed by atoms with Gasteiger partial charge in [-0.2, -0.15) is 0 Å². The summed E-state index contributed by atoms with van der Waals surface area (Å²) in [7, 11) is 3.03. The van der Waals surface area contributed by atoms with Crippen LogP contribution in [-0.4, -0.2) is 34.5 Å². The van der Waals surface area contributed by atoms with Gasteiger partial charge in [-0.15, -0.1) is 0 Å². The maximum absolute atomic E-state index is 12.8. The third-order valence-electron chi connectivity index (χ3n) is 4.62. The molecule has 1 aromatic heterocycles. The molecule has 0 aliphatic heterocycles. The Kier molecular flexibility index (Phi) is 5.90. The van der Waals surface area contributed by atoms with E-state index in [4.69, 9.17) is 14.2 Å². The van der Waals surface area contributed by atoms with Crippen LogP contribution in [-0.2, 0) is 4.79 Å². The van der Waals surface area contributed by atoms with Gasteiger partial charge < -0.3 is 19.2 Å². The normalized spacial score (nSPS) is 11.4. The number of esters is 1. The number of hydrogen-bond donors (Lipinski definition) is 1. The van der Waals surface area contributed by atoms with E-state index >= 15 is 0 Å². The molecule has 0 atom stereocenters. The van der Waals surface area contributed by atoms with E-state index in [1.54, 1.807) is 26.0 Å². The van der Waals surface area contributed by atoms with Crippen LogP contribution < -0.4 is 19.8 Å². The van der Waals surface area contributed by atoms with Gasteiger partial charge in [0.1, 0.15) is 32.8 Å². The lowest BCUT2D eigenvalue weighted by atomic mass is 10.0. The minimum absolute atomic E-state index is 0.318. The number of nitrogens with one attached hydrogen (secondary N) is 1. The second kappa shape index (κ2) is 8.10. The summed E-state index contributed by atoms with van der Waals surface area (Å²) in [5, 5.41) is 0.348. The maximum atomic E-state index is 12.8. The molecule has 3 aromatic rings. The zero-order valence-electron chi connectivity index (χ0n) is 17.7. The number of alkyl halides is 1. The monoisotopic (exact) mass is 474 g/mol. The molecule has 0 aliphatic carbocycles. The maximum Gasteiger partial charge on any atom is 0.327 e. The molecule has 8 heteroatoms. The highest BCUT2D eigenvalue weighted by molar-refractivity contribution is 9.10. The number of aromatic amines is 1. The average molecular weight is 475 g/mol. The molecule has 30 heavy (non-hydrogen) atoms. The minimum atomic E-state index is -0.798. The highest BCUT2D eigenvalue weighted by Gasteiger charge is 2.27. The molecule has 7 nitrogen and oxygen atoms in total. The SMILES string of the molecule is COc1cc(OC)c2c(=O)[nH]c(-c3cc(C)c(OC(=O)C(C)(C)Br)c(C)c3)nc2c1. The number of halogens is 1. The summed E-state index contributed by atoms with van der Waals surface area (Å²) in [6.07, 6.45) is 0. The number of H-pyrrole nitrogens is 1. The van der Waals surface area contributed by atoms with Crippen molar-refractivity contribution in [1.82, 2.24) is 9.97 Å². The predicted molar refractivity (Wildman–Crippen MR) is 119 cm³/mol. The Labute approximate surface area is 182 Å². The van der Waals surface area contributed by atoms with Crippen LogP contribution in [0.2, 0.25) is 0 Å². The summed E-state index contributed by atoms with van der Waals surface area (Å²) in [5.74, 6) is 1.42. The number of nitrogens with zero attached hydrogens (tertiary/aromatic N) is 1. The van der Waals surface area contributed by atoms with E-state index in [9.17, 15) is 9.59 Å². The van der Waals surface area contributed by atoms with E-state index in [2.05, 4.69) is 25.9 Å². The zero-order valence-corrected chi connectivity index (χ0v) is 19.3. The minimum Gasteiger partial charge on any atom is -0.497 e. The van der Waals surface area contributed by atoms with Crippen molar-refractivity contribution in [2.45, 2.75) is 32.0 Å². The molecule has 158 valence electrons. The molecule has 0 aliphatic rings. The van der Waals surface area contributed by atoms with E-state index in [0.717, 1.165) is 11.1 Å². The number of methoxy groups -OCH3 is 2. The van der Waals surface area contributed by atoms with E-state index < -0.39 is 10.3 Å². The van der Waals surface area contributed by atoms with Crippen molar-refractivity contribution < 1.29 is 19.0 Å². The van der Waals surface area contributed by atoms with Gasteiger partial charge in [0.25, 0.3) is 5.56 Å². The van der Waals surface area contributed by atoms with Crippen LogP contribution in [0.15, 0.2) is 29.1 Å². The van der Waals surface area contributed by atoms with E-state index in [1.165, 1.54) is 14.2 Å². The van der Waals surface area contributed by atoms with E-state index in [-0.39, 0.29) is 5.56 Å². The largest absolute Gasteiger partial charge is 0.497 e. The van der Waals surface area contributed by atoms with Crippen LogP contribution in [0.1, 0.15) is 25.0 Å². The third-order valence-corrected chi connectivity index (χ3v) is 4.94. The van der Waals surface area contributed by atoms with Crippen molar-refractivity contribution in [3.05, 3.63) is 45.7 Å². The van der Waals surface area contributed by atoms with Crippen molar-refractivity contribution in [3.63, 3.8) is 0 Å². The topological polar surface area (TPSA) is 90.5 Å². The van der Waals surface area contributed by atoms with Crippen LogP contribution in [0, 0.1) is 13.8 Å². The molecule has 0 amide bonds. The Balaban J connectivity index is 2.12. The number of aryl methyl sites for hydroxylation is 2. The zero-order chi connectivity index (χ0) is 22.2. The second-order valence-electron chi connectivity index (χ2n) is 7.44. The van der Waals surface area contributed by atoms with Crippen LogP contribution >= 0.6 is 15.9 Å². The van der Waals surface area contributed by atoms with Crippen LogP contribution in [0.3, 0.4) is 0 Å². The molecule has 0 fully saturated rings. The summed E-state index contributed by atoms with van der Waals surface area (Å²) in [4.78, 5) is 32.4. The number of aromatic nitrogens is 2. The summed E-state index contributed by atoms with van der Waals surface area (Å²) < 4.78 is 15.4. The van der Waals surface area contributed by atoms with Crippen LogP contribution in [0.5, 0.6) is 17.2 Å². The first-order valence-electron chi connectivity index (χ1n) is 9.24. The van der Waals surface area contributed by atoms with Crippen molar-refractivity contribution in [3.8, 4) is 28.6 Å². The first kappa shape index (κ1) is 21.8. The first-order valence-corrected chi connectivity index (χ1v) is 10.0. The van der Waals surface area contributed by atoms with Gasteiger partial charge in [0, 0.05) is 17.7 Å². The van der Waals surface area contributed by atoms with Crippen molar-refractivity contribution in [2.75, 3.05) is 14.2 Å². The van der Waals surface area contributed by atoms with Gasteiger partial charge in [0.2, 0.25) is 0 Å². The fourth-order valence-electron chi connectivity index (χ4n) is 3.09. The van der Waals surface area contributed by atoms with E-state index in [1.807, 2.05) is 26.0 Å². The molecule has 0 saturated carbocycles. The fourth-order valence-corrected chi connectivity index (χ4v) is 3.17. The number of carbonyl (C=O) groups excluding carboxylic acids is 1. The quantitative estimate of drug-likeness (QED) is 0.336. The summed E-state index contributed by atoms with van der Waals surface area (Å²) in [5.41, 5.74) is 2.34. The van der Waals surface area contributed by atoms with E-state index in [0.29, 0.717) is 39.5 Å². The Morgan fingerprint density at radius 2 is 1.70 bits per heavy atom. The highest BCUT2D eigenvalue weighted by atomic mass is 79.9. The van der Waals surface area contributed by atoms with Crippen LogP contribution in [0.4, 0.5) is 0 Å². The van der Waals surface area contributed by atoms with Crippen LogP contribution in [0.25, 0.3) is 22.3 Å². The molecule has 0 unspecified atom stereocenters. The third kappa shape index (κ3) is 4.18. The van der Waals surface area contributed by atoms with Gasteiger partial charge >= 0.3 is 5.97 Å². The average Bonchev–Trinajstić information content (AvgIpc) is 2.68.